The first-order valence-electron chi connectivity index (χ1n) is 5.89. The lowest BCUT2D eigenvalue weighted by atomic mass is 9.95. The van der Waals surface area contributed by atoms with Crippen LogP contribution in [0.5, 0.6) is 0 Å². The molecule has 0 amide bonds. The minimum Gasteiger partial charge on any atom is -0.380 e. The van der Waals surface area contributed by atoms with Crippen LogP contribution in [0.4, 0.5) is 5.69 Å². The first kappa shape index (κ1) is 11.3. The fourth-order valence-corrected chi connectivity index (χ4v) is 2.03. The van der Waals surface area contributed by atoms with Crippen LogP contribution in [0.2, 0.25) is 0 Å². The monoisotopic (exact) mass is 221 g/mol. The van der Waals surface area contributed by atoms with Gasteiger partial charge in [-0.15, -0.1) is 0 Å². The molecular formula is C12H19N3O. The topological polar surface area (TPSA) is 47.0 Å². The maximum atomic E-state index is 5.74. The highest BCUT2D eigenvalue weighted by atomic mass is 16.5. The normalized spacial score (nSPS) is 25.7. The average Bonchev–Trinajstić information content (AvgIpc) is 2.30. The first-order chi connectivity index (χ1) is 7.75. The van der Waals surface area contributed by atoms with Crippen molar-refractivity contribution in [3.05, 3.63) is 18.7 Å². The summed E-state index contributed by atoms with van der Waals surface area (Å²) in [5.41, 5.74) is 0.997. The van der Waals surface area contributed by atoms with E-state index in [2.05, 4.69) is 29.1 Å². The molecule has 0 aliphatic carbocycles. The van der Waals surface area contributed by atoms with Crippen molar-refractivity contribution in [1.82, 2.24) is 9.97 Å². The zero-order valence-corrected chi connectivity index (χ0v) is 9.89. The van der Waals surface area contributed by atoms with Crippen LogP contribution in [0, 0.1) is 5.92 Å². The van der Waals surface area contributed by atoms with Gasteiger partial charge in [-0.3, -0.25) is 0 Å². The summed E-state index contributed by atoms with van der Waals surface area (Å²) in [6.07, 6.45) is 7.66. The average molecular weight is 221 g/mol. The molecule has 2 heterocycles. The molecule has 16 heavy (non-hydrogen) atoms. The van der Waals surface area contributed by atoms with Gasteiger partial charge >= 0.3 is 0 Å². The highest BCUT2D eigenvalue weighted by molar-refractivity contribution is 5.38. The number of nitrogens with zero attached hydrogens (tertiary/aromatic N) is 2. The van der Waals surface area contributed by atoms with Crippen molar-refractivity contribution in [3.63, 3.8) is 0 Å². The Bertz CT molecular complexity index is 315. The molecule has 0 radical (unpaired) electrons. The molecule has 1 aromatic heterocycles. The van der Waals surface area contributed by atoms with Gasteiger partial charge in [0.05, 0.1) is 24.2 Å². The third-order valence-electron chi connectivity index (χ3n) is 2.99. The molecule has 88 valence electrons. The molecule has 2 unspecified atom stereocenters. The van der Waals surface area contributed by atoms with Crippen LogP contribution in [-0.4, -0.2) is 28.7 Å². The Kier molecular flexibility index (Phi) is 3.72. The maximum absolute atomic E-state index is 5.74. The molecule has 1 fully saturated rings. The van der Waals surface area contributed by atoms with E-state index < -0.39 is 0 Å². The van der Waals surface area contributed by atoms with Crippen molar-refractivity contribution >= 4 is 5.69 Å². The third kappa shape index (κ3) is 2.92. The number of hydrogen-bond acceptors (Lipinski definition) is 4. The van der Waals surface area contributed by atoms with Crippen molar-refractivity contribution in [2.75, 3.05) is 11.9 Å². The Morgan fingerprint density at radius 2 is 2.12 bits per heavy atom. The summed E-state index contributed by atoms with van der Waals surface area (Å²) in [6.45, 7) is 5.26. The first-order valence-corrected chi connectivity index (χ1v) is 5.89. The summed E-state index contributed by atoms with van der Waals surface area (Å²) in [5.74, 6) is 0.580. The van der Waals surface area contributed by atoms with E-state index in [-0.39, 0.29) is 0 Å². The second kappa shape index (κ2) is 5.25. The van der Waals surface area contributed by atoms with E-state index in [0.29, 0.717) is 18.1 Å². The summed E-state index contributed by atoms with van der Waals surface area (Å²) in [7, 11) is 0. The Morgan fingerprint density at radius 3 is 2.81 bits per heavy atom. The molecule has 2 rings (SSSR count). The maximum Gasteiger partial charge on any atom is 0.115 e. The van der Waals surface area contributed by atoms with Crippen LogP contribution in [0.3, 0.4) is 0 Å². The SMILES string of the molecule is CC(C)C1CC(Nc2cncnc2)CCO1. The molecule has 2 atom stereocenters. The fourth-order valence-electron chi connectivity index (χ4n) is 2.03. The van der Waals surface area contributed by atoms with Gasteiger partial charge in [0.25, 0.3) is 0 Å². The van der Waals surface area contributed by atoms with Crippen LogP contribution in [-0.2, 0) is 4.74 Å². The number of anilines is 1. The van der Waals surface area contributed by atoms with Crippen LogP contribution >= 0.6 is 0 Å². The summed E-state index contributed by atoms with van der Waals surface area (Å²) < 4.78 is 5.74. The largest absolute Gasteiger partial charge is 0.380 e. The lowest BCUT2D eigenvalue weighted by molar-refractivity contribution is -0.0160. The van der Waals surface area contributed by atoms with Crippen molar-refractivity contribution in [3.8, 4) is 0 Å². The minimum absolute atomic E-state index is 0.371. The Morgan fingerprint density at radius 1 is 1.38 bits per heavy atom. The van der Waals surface area contributed by atoms with Crippen molar-refractivity contribution in [2.45, 2.75) is 38.8 Å². The molecule has 0 aromatic carbocycles. The molecule has 1 saturated heterocycles. The van der Waals surface area contributed by atoms with E-state index in [1.165, 1.54) is 0 Å². The number of hydrogen-bond donors (Lipinski definition) is 1. The van der Waals surface area contributed by atoms with Crippen molar-refractivity contribution in [1.29, 1.82) is 0 Å². The summed E-state index contributed by atoms with van der Waals surface area (Å²) >= 11 is 0. The van der Waals surface area contributed by atoms with E-state index in [0.717, 1.165) is 25.1 Å². The second-order valence-corrected chi connectivity index (χ2v) is 4.65. The Hall–Kier alpha value is -1.16. The van der Waals surface area contributed by atoms with Crippen LogP contribution in [0.15, 0.2) is 18.7 Å². The van der Waals surface area contributed by atoms with Crippen molar-refractivity contribution in [2.24, 2.45) is 5.92 Å². The molecule has 0 spiro atoms. The van der Waals surface area contributed by atoms with Crippen molar-refractivity contribution < 1.29 is 4.74 Å². The highest BCUT2D eigenvalue weighted by Gasteiger charge is 2.24. The van der Waals surface area contributed by atoms with E-state index in [1.807, 2.05) is 12.4 Å². The van der Waals surface area contributed by atoms with Gasteiger partial charge in [-0.2, -0.15) is 0 Å². The minimum atomic E-state index is 0.371. The Labute approximate surface area is 96.4 Å². The van der Waals surface area contributed by atoms with Crippen LogP contribution < -0.4 is 5.32 Å². The zero-order chi connectivity index (χ0) is 11.4. The van der Waals surface area contributed by atoms with Gasteiger partial charge in [0.1, 0.15) is 6.33 Å². The van der Waals surface area contributed by atoms with Gasteiger partial charge in [0.15, 0.2) is 0 Å². The van der Waals surface area contributed by atoms with E-state index >= 15 is 0 Å². The molecule has 0 saturated carbocycles. The lowest BCUT2D eigenvalue weighted by Gasteiger charge is -2.32. The van der Waals surface area contributed by atoms with Gasteiger partial charge in [-0.05, 0) is 18.8 Å². The second-order valence-electron chi connectivity index (χ2n) is 4.65. The van der Waals surface area contributed by atoms with Gasteiger partial charge in [0, 0.05) is 12.6 Å². The summed E-state index contributed by atoms with van der Waals surface area (Å²) in [6, 6.07) is 0.479. The molecule has 1 N–H and O–H groups in total. The van der Waals surface area contributed by atoms with E-state index in [4.69, 9.17) is 4.74 Å². The number of nitrogens with one attached hydrogen (secondary N) is 1. The van der Waals surface area contributed by atoms with Gasteiger partial charge in [-0.1, -0.05) is 13.8 Å². The predicted molar refractivity (Wildman–Crippen MR) is 63.3 cm³/mol. The quantitative estimate of drug-likeness (QED) is 0.849. The third-order valence-corrected chi connectivity index (χ3v) is 2.99. The fraction of sp³-hybridized carbons (Fsp3) is 0.667. The summed E-state index contributed by atoms with van der Waals surface area (Å²) in [5, 5.41) is 3.46. The molecule has 0 bridgehead atoms. The van der Waals surface area contributed by atoms with Gasteiger partial charge in [0.2, 0.25) is 0 Å². The smallest absolute Gasteiger partial charge is 0.115 e. The van der Waals surface area contributed by atoms with Gasteiger partial charge < -0.3 is 10.1 Å². The lowest BCUT2D eigenvalue weighted by Crippen LogP contribution is -2.36. The molecule has 1 aromatic rings. The number of ether oxygens (including phenoxy) is 1. The van der Waals surface area contributed by atoms with Crippen LogP contribution in [0.1, 0.15) is 26.7 Å². The number of rotatable bonds is 3. The summed E-state index contributed by atoms with van der Waals surface area (Å²) in [4.78, 5) is 8.00. The zero-order valence-electron chi connectivity index (χ0n) is 9.89. The molecule has 4 nitrogen and oxygen atoms in total. The van der Waals surface area contributed by atoms with Crippen LogP contribution in [0.25, 0.3) is 0 Å². The van der Waals surface area contributed by atoms with E-state index in [1.54, 1.807) is 6.33 Å². The van der Waals surface area contributed by atoms with Gasteiger partial charge in [-0.25, -0.2) is 9.97 Å². The molecule has 4 heteroatoms. The highest BCUT2D eigenvalue weighted by Crippen LogP contribution is 2.22. The number of aromatic nitrogens is 2. The standard InChI is InChI=1S/C12H19N3O/c1-9(2)12-5-10(3-4-16-12)15-11-6-13-8-14-7-11/h6-10,12,15H,3-5H2,1-2H3. The Balaban J connectivity index is 1.90. The molecule has 1 aliphatic rings. The molecular weight excluding hydrogens is 202 g/mol. The van der Waals surface area contributed by atoms with E-state index in [9.17, 15) is 0 Å². The predicted octanol–water partition coefficient (Wildman–Crippen LogP) is 2.09. The molecule has 1 aliphatic heterocycles.